The lowest BCUT2D eigenvalue weighted by Crippen LogP contribution is -2.12. The molecule has 0 saturated heterocycles. The third kappa shape index (κ3) is 2.53. The predicted molar refractivity (Wildman–Crippen MR) is 55.1 cm³/mol. The monoisotopic (exact) mass is 313 g/mol. The van der Waals surface area contributed by atoms with E-state index in [1.165, 1.54) is 7.11 Å². The minimum atomic E-state index is -1.02. The van der Waals surface area contributed by atoms with E-state index >= 15 is 0 Å². The molecule has 0 heterocycles. The Hall–Kier alpha value is -0.920. The first-order valence-electron chi connectivity index (χ1n) is 3.54. The Bertz CT molecular complexity index is 371. The SMILES string of the molecule is COC(=O)Nc1cc(F)c(F)cc1I. The van der Waals surface area contributed by atoms with Crippen LogP contribution in [0.3, 0.4) is 0 Å². The van der Waals surface area contributed by atoms with Gasteiger partial charge >= 0.3 is 6.09 Å². The predicted octanol–water partition coefficient (Wildman–Crippen LogP) is 2.75. The van der Waals surface area contributed by atoms with E-state index in [0.29, 0.717) is 3.57 Å². The number of halogens is 3. The molecule has 1 rings (SSSR count). The molecule has 0 radical (unpaired) electrons. The standard InChI is InChI=1S/C8H6F2INO2/c1-14-8(13)12-7-3-5(10)4(9)2-6(7)11/h2-3H,1H3,(H,12,13). The maximum atomic E-state index is 12.7. The Morgan fingerprint density at radius 3 is 2.57 bits per heavy atom. The van der Waals surface area contributed by atoms with Gasteiger partial charge in [0.1, 0.15) is 0 Å². The Morgan fingerprint density at radius 2 is 2.00 bits per heavy atom. The molecule has 0 spiro atoms. The number of benzene rings is 1. The van der Waals surface area contributed by atoms with E-state index in [1.54, 1.807) is 22.6 Å². The van der Waals surface area contributed by atoms with Crippen molar-refractivity contribution in [2.24, 2.45) is 0 Å². The number of carbonyl (C=O) groups excluding carboxylic acids is 1. The molecule has 6 heteroatoms. The van der Waals surface area contributed by atoms with Gasteiger partial charge < -0.3 is 4.74 Å². The number of hydrogen-bond donors (Lipinski definition) is 1. The van der Waals surface area contributed by atoms with Crippen LogP contribution in [-0.2, 0) is 4.74 Å². The Morgan fingerprint density at radius 1 is 1.43 bits per heavy atom. The van der Waals surface area contributed by atoms with Gasteiger partial charge in [0, 0.05) is 9.64 Å². The van der Waals surface area contributed by atoms with Crippen LogP contribution in [0.4, 0.5) is 19.3 Å². The van der Waals surface area contributed by atoms with Crippen LogP contribution in [0.5, 0.6) is 0 Å². The van der Waals surface area contributed by atoms with Gasteiger partial charge in [0.25, 0.3) is 0 Å². The topological polar surface area (TPSA) is 38.3 Å². The largest absolute Gasteiger partial charge is 0.453 e. The molecule has 3 nitrogen and oxygen atoms in total. The summed E-state index contributed by atoms with van der Waals surface area (Å²) < 4.78 is 30.1. The highest BCUT2D eigenvalue weighted by Crippen LogP contribution is 2.21. The van der Waals surface area contributed by atoms with Crippen molar-refractivity contribution in [1.29, 1.82) is 0 Å². The second kappa shape index (κ2) is 4.54. The van der Waals surface area contributed by atoms with Gasteiger partial charge in [0.15, 0.2) is 11.6 Å². The summed E-state index contributed by atoms with van der Waals surface area (Å²) in [4.78, 5) is 10.8. The fraction of sp³-hybridized carbons (Fsp3) is 0.125. The molecule has 1 aromatic rings. The van der Waals surface area contributed by atoms with E-state index in [1.807, 2.05) is 0 Å². The number of hydrogen-bond acceptors (Lipinski definition) is 2. The number of carbonyl (C=O) groups is 1. The molecule has 0 aliphatic carbocycles. The van der Waals surface area contributed by atoms with Crippen molar-refractivity contribution in [3.05, 3.63) is 27.3 Å². The van der Waals surface area contributed by atoms with E-state index in [0.717, 1.165) is 12.1 Å². The summed E-state index contributed by atoms with van der Waals surface area (Å²) in [5, 5.41) is 2.25. The lowest BCUT2D eigenvalue weighted by atomic mass is 10.3. The molecule has 1 N–H and O–H groups in total. The zero-order valence-electron chi connectivity index (χ0n) is 7.11. The van der Waals surface area contributed by atoms with E-state index in [9.17, 15) is 13.6 Å². The molecule has 0 aromatic heterocycles. The molecule has 1 amide bonds. The van der Waals surface area contributed by atoms with Gasteiger partial charge in [0.2, 0.25) is 0 Å². The Kier molecular flexibility index (Phi) is 3.62. The average molecular weight is 313 g/mol. The van der Waals surface area contributed by atoms with Gasteiger partial charge in [-0.05, 0) is 28.7 Å². The van der Waals surface area contributed by atoms with Crippen molar-refractivity contribution < 1.29 is 18.3 Å². The summed E-state index contributed by atoms with van der Waals surface area (Å²) in [6.45, 7) is 0. The normalized spacial score (nSPS) is 9.71. The number of rotatable bonds is 1. The molecule has 0 unspecified atom stereocenters. The van der Waals surface area contributed by atoms with Crippen molar-refractivity contribution in [3.63, 3.8) is 0 Å². The van der Waals surface area contributed by atoms with E-state index in [-0.39, 0.29) is 5.69 Å². The molecule has 76 valence electrons. The van der Waals surface area contributed by atoms with Crippen molar-refractivity contribution in [3.8, 4) is 0 Å². The Balaban J connectivity index is 2.98. The summed E-state index contributed by atoms with van der Waals surface area (Å²) in [6, 6.07) is 1.88. The van der Waals surface area contributed by atoms with Crippen molar-refractivity contribution in [2.45, 2.75) is 0 Å². The molecule has 0 aliphatic heterocycles. The highest BCUT2D eigenvalue weighted by Gasteiger charge is 2.10. The first-order valence-corrected chi connectivity index (χ1v) is 4.62. The van der Waals surface area contributed by atoms with Gasteiger partial charge in [-0.25, -0.2) is 13.6 Å². The lowest BCUT2D eigenvalue weighted by molar-refractivity contribution is 0.187. The minimum Gasteiger partial charge on any atom is -0.453 e. The van der Waals surface area contributed by atoms with Crippen molar-refractivity contribution in [1.82, 2.24) is 0 Å². The average Bonchev–Trinajstić information content (AvgIpc) is 2.14. The molecule has 14 heavy (non-hydrogen) atoms. The summed E-state index contributed by atoms with van der Waals surface area (Å²) in [5.74, 6) is -1.97. The lowest BCUT2D eigenvalue weighted by Gasteiger charge is -2.06. The van der Waals surface area contributed by atoms with E-state index in [2.05, 4.69) is 10.1 Å². The van der Waals surface area contributed by atoms with Crippen LogP contribution < -0.4 is 5.32 Å². The molecule has 0 saturated carbocycles. The van der Waals surface area contributed by atoms with E-state index in [4.69, 9.17) is 0 Å². The number of methoxy groups -OCH3 is 1. The molecular formula is C8H6F2INO2. The molecule has 0 atom stereocenters. The van der Waals surface area contributed by atoms with Crippen LogP contribution in [0.25, 0.3) is 0 Å². The van der Waals surface area contributed by atoms with Crippen LogP contribution >= 0.6 is 22.6 Å². The molecule has 1 aromatic carbocycles. The van der Waals surface area contributed by atoms with Gasteiger partial charge in [0.05, 0.1) is 12.8 Å². The maximum Gasteiger partial charge on any atom is 0.411 e. The third-order valence-electron chi connectivity index (χ3n) is 1.43. The second-order valence-electron chi connectivity index (χ2n) is 2.36. The summed E-state index contributed by atoms with van der Waals surface area (Å²) in [7, 11) is 1.18. The molecule has 0 fully saturated rings. The summed E-state index contributed by atoms with van der Waals surface area (Å²) in [6.07, 6.45) is -0.728. The van der Waals surface area contributed by atoms with Gasteiger partial charge in [-0.15, -0.1) is 0 Å². The fourth-order valence-corrected chi connectivity index (χ4v) is 1.34. The zero-order valence-corrected chi connectivity index (χ0v) is 9.26. The number of nitrogens with one attached hydrogen (secondary N) is 1. The van der Waals surface area contributed by atoms with Crippen LogP contribution in [0.1, 0.15) is 0 Å². The second-order valence-corrected chi connectivity index (χ2v) is 3.52. The zero-order chi connectivity index (χ0) is 10.7. The van der Waals surface area contributed by atoms with Crippen molar-refractivity contribution in [2.75, 3.05) is 12.4 Å². The first-order chi connectivity index (χ1) is 6.54. The highest BCUT2D eigenvalue weighted by atomic mass is 127. The minimum absolute atomic E-state index is 0.177. The van der Waals surface area contributed by atoms with Crippen LogP contribution in [-0.4, -0.2) is 13.2 Å². The van der Waals surface area contributed by atoms with Crippen molar-refractivity contribution >= 4 is 34.4 Å². The maximum absolute atomic E-state index is 12.7. The summed E-state index contributed by atoms with van der Waals surface area (Å²) >= 11 is 1.78. The van der Waals surface area contributed by atoms with Crippen LogP contribution in [0.2, 0.25) is 0 Å². The first kappa shape index (κ1) is 11.2. The van der Waals surface area contributed by atoms with Gasteiger partial charge in [-0.2, -0.15) is 0 Å². The molecular weight excluding hydrogens is 307 g/mol. The molecule has 0 aliphatic rings. The highest BCUT2D eigenvalue weighted by molar-refractivity contribution is 14.1. The van der Waals surface area contributed by atoms with Gasteiger partial charge in [-0.1, -0.05) is 0 Å². The summed E-state index contributed by atoms with van der Waals surface area (Å²) in [5.41, 5.74) is 0.177. The van der Waals surface area contributed by atoms with Gasteiger partial charge in [-0.3, -0.25) is 5.32 Å². The molecule has 0 bridgehead atoms. The fourth-order valence-electron chi connectivity index (χ4n) is 0.779. The third-order valence-corrected chi connectivity index (χ3v) is 2.32. The Labute approximate surface area is 92.6 Å². The number of ether oxygens (including phenoxy) is 1. The van der Waals surface area contributed by atoms with Crippen LogP contribution in [0.15, 0.2) is 12.1 Å². The van der Waals surface area contributed by atoms with E-state index < -0.39 is 17.7 Å². The number of amides is 1. The van der Waals surface area contributed by atoms with Crippen LogP contribution in [0, 0.1) is 15.2 Å². The smallest absolute Gasteiger partial charge is 0.411 e. The quantitative estimate of drug-likeness (QED) is 0.639. The number of anilines is 1.